The Hall–Kier alpha value is -1.70. The van der Waals surface area contributed by atoms with E-state index >= 15 is 0 Å². The number of fused-ring (bicyclic) bond motifs is 1. The zero-order chi connectivity index (χ0) is 10.3. The van der Waals surface area contributed by atoms with Crippen molar-refractivity contribution in [3.8, 4) is 0 Å². The third-order valence-corrected chi connectivity index (χ3v) is 3.08. The predicted octanol–water partition coefficient (Wildman–Crippen LogP) is 1.97. The summed E-state index contributed by atoms with van der Waals surface area (Å²) in [5.41, 5.74) is 1.90. The van der Waals surface area contributed by atoms with Crippen molar-refractivity contribution in [2.45, 2.75) is 0 Å². The highest BCUT2D eigenvalue weighted by Crippen LogP contribution is 2.34. The predicted molar refractivity (Wildman–Crippen MR) is 59.8 cm³/mol. The van der Waals surface area contributed by atoms with Crippen LogP contribution in [-0.4, -0.2) is 18.5 Å². The fourth-order valence-corrected chi connectivity index (χ4v) is 2.27. The Morgan fingerprint density at radius 1 is 1.20 bits per heavy atom. The summed E-state index contributed by atoms with van der Waals surface area (Å²) in [4.78, 5) is 16.2. The normalized spacial score (nSPS) is 28.0. The van der Waals surface area contributed by atoms with Crippen molar-refractivity contribution in [2.24, 2.45) is 16.8 Å². The van der Waals surface area contributed by atoms with E-state index in [1.807, 2.05) is 30.3 Å². The first-order valence-electron chi connectivity index (χ1n) is 5.17. The highest BCUT2D eigenvalue weighted by molar-refractivity contribution is 6.28. The maximum Gasteiger partial charge on any atom is 0.172 e. The topological polar surface area (TPSA) is 29.4 Å². The lowest BCUT2D eigenvalue weighted by Gasteiger charge is -2.03. The number of aliphatic imine (C=N–C) groups is 1. The van der Waals surface area contributed by atoms with Crippen LogP contribution in [0.3, 0.4) is 0 Å². The minimum absolute atomic E-state index is 0.0141. The maximum absolute atomic E-state index is 12.0. The molecule has 2 nitrogen and oxygen atoms in total. The monoisotopic (exact) mass is 197 g/mol. The third-order valence-electron chi connectivity index (χ3n) is 3.08. The van der Waals surface area contributed by atoms with E-state index in [2.05, 4.69) is 11.1 Å². The van der Waals surface area contributed by atoms with Gasteiger partial charge in [-0.2, -0.15) is 0 Å². The molecule has 3 rings (SSSR count). The standard InChI is InChI=1S/C13H11NO/c15-13-11(9-4-2-1-3-5-9)6-10-7-14-8-12(10)13/h1-6,8,10,12H,7H2. The summed E-state index contributed by atoms with van der Waals surface area (Å²) in [6.07, 6.45) is 3.88. The summed E-state index contributed by atoms with van der Waals surface area (Å²) in [6, 6.07) is 9.87. The second-order valence-corrected chi connectivity index (χ2v) is 4.01. The molecule has 2 atom stereocenters. The Kier molecular flexibility index (Phi) is 1.81. The number of rotatable bonds is 1. The van der Waals surface area contributed by atoms with Crippen LogP contribution in [0.4, 0.5) is 0 Å². The second-order valence-electron chi connectivity index (χ2n) is 4.01. The van der Waals surface area contributed by atoms with Gasteiger partial charge < -0.3 is 0 Å². The first kappa shape index (κ1) is 8.60. The Labute approximate surface area is 88.3 Å². The van der Waals surface area contributed by atoms with Crippen LogP contribution in [0.1, 0.15) is 5.56 Å². The zero-order valence-corrected chi connectivity index (χ0v) is 8.26. The molecule has 1 aliphatic carbocycles. The summed E-state index contributed by atoms with van der Waals surface area (Å²) in [6.45, 7) is 0.771. The van der Waals surface area contributed by atoms with E-state index in [1.165, 1.54) is 0 Å². The first-order chi connectivity index (χ1) is 7.36. The van der Waals surface area contributed by atoms with E-state index in [4.69, 9.17) is 0 Å². The van der Waals surface area contributed by atoms with Crippen LogP contribution in [0.25, 0.3) is 5.57 Å². The van der Waals surface area contributed by atoms with Gasteiger partial charge in [0.2, 0.25) is 0 Å². The molecule has 0 radical (unpaired) electrons. The Morgan fingerprint density at radius 2 is 2.00 bits per heavy atom. The van der Waals surface area contributed by atoms with Crippen molar-refractivity contribution < 1.29 is 4.79 Å². The van der Waals surface area contributed by atoms with Gasteiger partial charge in [0.15, 0.2) is 5.78 Å². The molecule has 1 heterocycles. The molecule has 2 unspecified atom stereocenters. The minimum Gasteiger partial charge on any atom is -0.296 e. The lowest BCUT2D eigenvalue weighted by molar-refractivity contribution is -0.115. The Morgan fingerprint density at radius 3 is 2.73 bits per heavy atom. The SMILES string of the molecule is O=C1C(c2ccccc2)=CC2CN=CC12. The quantitative estimate of drug-likeness (QED) is 0.676. The van der Waals surface area contributed by atoms with Gasteiger partial charge in [-0.3, -0.25) is 9.79 Å². The second kappa shape index (κ2) is 3.16. The van der Waals surface area contributed by atoms with Crippen LogP contribution in [-0.2, 0) is 4.79 Å². The molecular weight excluding hydrogens is 186 g/mol. The van der Waals surface area contributed by atoms with Gasteiger partial charge in [0, 0.05) is 24.3 Å². The number of carbonyl (C=O) groups excluding carboxylic acids is 1. The number of Topliss-reactive ketones (excluding diaryl/α,β-unsaturated/α-hetero) is 1. The molecule has 0 aromatic heterocycles. The van der Waals surface area contributed by atoms with Gasteiger partial charge in [-0.1, -0.05) is 36.4 Å². The molecule has 1 aliphatic heterocycles. The van der Waals surface area contributed by atoms with Gasteiger partial charge in [-0.25, -0.2) is 0 Å². The van der Waals surface area contributed by atoms with Gasteiger partial charge in [-0.15, -0.1) is 0 Å². The van der Waals surface area contributed by atoms with Gasteiger partial charge in [0.25, 0.3) is 0 Å². The molecule has 2 heteroatoms. The zero-order valence-electron chi connectivity index (χ0n) is 8.26. The summed E-state index contributed by atoms with van der Waals surface area (Å²) in [5.74, 6) is 0.556. The molecule has 74 valence electrons. The lowest BCUT2D eigenvalue weighted by atomic mass is 9.97. The lowest BCUT2D eigenvalue weighted by Crippen LogP contribution is -2.14. The van der Waals surface area contributed by atoms with Gasteiger partial charge in [0.1, 0.15) is 0 Å². The summed E-state index contributed by atoms with van der Waals surface area (Å²) in [7, 11) is 0. The van der Waals surface area contributed by atoms with Gasteiger partial charge >= 0.3 is 0 Å². The highest BCUT2D eigenvalue weighted by Gasteiger charge is 2.37. The molecule has 0 bridgehead atoms. The summed E-state index contributed by atoms with van der Waals surface area (Å²) < 4.78 is 0. The number of allylic oxidation sites excluding steroid dienone is 1. The molecule has 0 spiro atoms. The molecule has 1 aromatic rings. The van der Waals surface area contributed by atoms with Crippen molar-refractivity contribution in [3.05, 3.63) is 42.0 Å². The molecule has 15 heavy (non-hydrogen) atoms. The van der Waals surface area contributed by atoms with E-state index in [1.54, 1.807) is 6.21 Å². The number of ketones is 1. The van der Waals surface area contributed by atoms with E-state index < -0.39 is 0 Å². The fourth-order valence-electron chi connectivity index (χ4n) is 2.27. The van der Waals surface area contributed by atoms with Gasteiger partial charge in [0.05, 0.1) is 5.92 Å². The summed E-state index contributed by atoms with van der Waals surface area (Å²) in [5, 5.41) is 0. The van der Waals surface area contributed by atoms with Crippen LogP contribution in [0.2, 0.25) is 0 Å². The fraction of sp³-hybridized carbons (Fsp3) is 0.231. The average Bonchev–Trinajstić information content (AvgIpc) is 2.83. The molecule has 0 N–H and O–H groups in total. The van der Waals surface area contributed by atoms with E-state index in [0.717, 1.165) is 17.7 Å². The number of hydrogen-bond donors (Lipinski definition) is 0. The van der Waals surface area contributed by atoms with Crippen molar-refractivity contribution in [1.82, 2.24) is 0 Å². The van der Waals surface area contributed by atoms with E-state index in [9.17, 15) is 4.79 Å². The van der Waals surface area contributed by atoms with Crippen LogP contribution in [0.15, 0.2) is 41.4 Å². The van der Waals surface area contributed by atoms with Crippen molar-refractivity contribution in [2.75, 3.05) is 6.54 Å². The maximum atomic E-state index is 12.0. The Bertz CT molecular complexity index is 459. The van der Waals surface area contributed by atoms with E-state index in [-0.39, 0.29) is 11.7 Å². The highest BCUT2D eigenvalue weighted by atomic mass is 16.1. The number of benzene rings is 1. The van der Waals surface area contributed by atoms with Crippen molar-refractivity contribution >= 4 is 17.6 Å². The molecule has 1 aromatic carbocycles. The molecule has 2 aliphatic rings. The van der Waals surface area contributed by atoms with Crippen molar-refractivity contribution in [3.63, 3.8) is 0 Å². The van der Waals surface area contributed by atoms with Crippen LogP contribution < -0.4 is 0 Å². The Balaban J connectivity index is 2.00. The number of hydrogen-bond acceptors (Lipinski definition) is 2. The largest absolute Gasteiger partial charge is 0.296 e. The van der Waals surface area contributed by atoms with E-state index in [0.29, 0.717) is 5.92 Å². The van der Waals surface area contributed by atoms with Gasteiger partial charge in [-0.05, 0) is 5.56 Å². The third kappa shape index (κ3) is 1.25. The number of carbonyl (C=O) groups is 1. The van der Waals surface area contributed by atoms with Crippen LogP contribution >= 0.6 is 0 Å². The van der Waals surface area contributed by atoms with Crippen LogP contribution in [0, 0.1) is 11.8 Å². The molecule has 0 amide bonds. The van der Waals surface area contributed by atoms with Crippen LogP contribution in [0.5, 0.6) is 0 Å². The molecule has 0 saturated heterocycles. The molecule has 0 fully saturated rings. The average molecular weight is 197 g/mol. The smallest absolute Gasteiger partial charge is 0.172 e. The van der Waals surface area contributed by atoms with Crippen molar-refractivity contribution in [1.29, 1.82) is 0 Å². The summed E-state index contributed by atoms with van der Waals surface area (Å²) >= 11 is 0. The number of nitrogens with zero attached hydrogens (tertiary/aromatic N) is 1. The first-order valence-corrected chi connectivity index (χ1v) is 5.17. The molecule has 0 saturated carbocycles. The molecular formula is C13H11NO. The minimum atomic E-state index is 0.0141.